The first-order valence-corrected chi connectivity index (χ1v) is 14.8. The summed E-state index contributed by atoms with van der Waals surface area (Å²) in [6.45, 7) is 5.08. The number of hydrogen-bond donors (Lipinski definition) is 4. The molecule has 1 aromatic heterocycles. The molecule has 0 aliphatic carbocycles. The van der Waals surface area contributed by atoms with E-state index in [9.17, 15) is 24.0 Å². The summed E-state index contributed by atoms with van der Waals surface area (Å²) in [6, 6.07) is 23.5. The molecule has 0 fully saturated rings. The topological polar surface area (TPSA) is 170 Å². The van der Waals surface area contributed by atoms with Crippen molar-refractivity contribution in [3.63, 3.8) is 0 Å². The highest BCUT2D eigenvalue weighted by molar-refractivity contribution is 6.00. The van der Waals surface area contributed by atoms with Gasteiger partial charge in [-0.15, -0.1) is 0 Å². The maximum Gasteiger partial charge on any atom is 0.270 e. The van der Waals surface area contributed by atoms with Crippen molar-refractivity contribution >= 4 is 40.3 Å². The van der Waals surface area contributed by atoms with Crippen LogP contribution in [0.1, 0.15) is 53.6 Å². The lowest BCUT2D eigenvalue weighted by Gasteiger charge is -2.23. The molecule has 11 heteroatoms. The lowest BCUT2D eigenvalue weighted by molar-refractivity contribution is -0.131. The Hall–Kier alpha value is -5.58. The van der Waals surface area contributed by atoms with E-state index < -0.39 is 54.2 Å². The summed E-state index contributed by atoms with van der Waals surface area (Å²) >= 11 is 0. The Morgan fingerprint density at radius 2 is 1.46 bits per heavy atom. The second-order valence-electron chi connectivity index (χ2n) is 11.8. The third-order valence-corrected chi connectivity index (χ3v) is 6.84. The minimum absolute atomic E-state index is 0.0421. The third kappa shape index (κ3) is 9.46. The van der Waals surface area contributed by atoms with E-state index in [0.29, 0.717) is 5.52 Å². The molecular weight excluding hydrogens is 586 g/mol. The highest BCUT2D eigenvalue weighted by atomic mass is 16.5. The van der Waals surface area contributed by atoms with Crippen molar-refractivity contribution in [1.29, 1.82) is 0 Å². The summed E-state index contributed by atoms with van der Waals surface area (Å²) in [6.07, 6.45) is -0.408. The smallest absolute Gasteiger partial charge is 0.270 e. The van der Waals surface area contributed by atoms with Gasteiger partial charge in [-0.2, -0.15) is 0 Å². The van der Waals surface area contributed by atoms with Crippen LogP contribution in [-0.4, -0.2) is 58.6 Å². The lowest BCUT2D eigenvalue weighted by atomic mass is 10.0. The number of nitrogens with one attached hydrogen (secondary N) is 3. The molecule has 0 spiro atoms. The first-order valence-electron chi connectivity index (χ1n) is 14.8. The molecule has 0 aliphatic rings. The number of nitrogens with zero attached hydrogens (tertiary/aromatic N) is 1. The van der Waals surface area contributed by atoms with Gasteiger partial charge in [-0.05, 0) is 57.0 Å². The fraction of sp³-hybridized carbons (Fsp3) is 0.257. The number of carbonyl (C=O) groups is 5. The Kier molecular flexibility index (Phi) is 10.8. The van der Waals surface area contributed by atoms with Gasteiger partial charge in [0, 0.05) is 10.9 Å². The predicted octanol–water partition coefficient (Wildman–Crippen LogP) is 3.11. The number of aromatic nitrogens is 1. The number of nitrogens with two attached hydrogens (primary N) is 1. The minimum Gasteiger partial charge on any atom is -0.485 e. The third-order valence-electron chi connectivity index (χ3n) is 6.84. The molecule has 0 bridgehead atoms. The quantitative estimate of drug-likeness (QED) is 0.177. The fourth-order valence-electron chi connectivity index (χ4n) is 4.64. The van der Waals surface area contributed by atoms with Crippen LogP contribution in [0.25, 0.3) is 10.9 Å². The van der Waals surface area contributed by atoms with Crippen molar-refractivity contribution in [2.75, 3.05) is 6.61 Å². The minimum atomic E-state index is -1.38. The van der Waals surface area contributed by atoms with Gasteiger partial charge in [-0.3, -0.25) is 24.0 Å². The molecule has 238 valence electrons. The Labute approximate surface area is 266 Å². The van der Waals surface area contributed by atoms with E-state index in [4.69, 9.17) is 10.5 Å². The average molecular weight is 624 g/mol. The van der Waals surface area contributed by atoms with Gasteiger partial charge in [-0.1, -0.05) is 66.7 Å². The standard InChI is InChI=1S/C35H37N5O6/c1-35(2,3)40-32(43)24-14-8-10-16-30(24)46-21-29(41)27(19-22-11-5-4-6-12-22)38-34(45)28(20-31(36)42)39-33(44)26-18-17-23-13-7-9-15-25(23)37-26/h4-18,27-28H,19-21H2,1-3H3,(H2,36,42)(H,38,45)(H,39,44)(H,40,43)/t27-,28-/m0/s1. The van der Waals surface area contributed by atoms with Gasteiger partial charge in [0.2, 0.25) is 11.8 Å². The first kappa shape index (κ1) is 33.3. The molecule has 11 nitrogen and oxygen atoms in total. The first-order chi connectivity index (χ1) is 21.9. The van der Waals surface area contributed by atoms with Crippen LogP contribution < -0.4 is 26.4 Å². The predicted molar refractivity (Wildman–Crippen MR) is 173 cm³/mol. The van der Waals surface area contributed by atoms with Crippen LogP contribution in [0.2, 0.25) is 0 Å². The molecule has 1 heterocycles. The molecule has 5 N–H and O–H groups in total. The van der Waals surface area contributed by atoms with Crippen molar-refractivity contribution < 1.29 is 28.7 Å². The van der Waals surface area contributed by atoms with E-state index in [0.717, 1.165) is 10.9 Å². The highest BCUT2D eigenvalue weighted by Gasteiger charge is 2.29. The molecule has 3 aromatic carbocycles. The summed E-state index contributed by atoms with van der Waals surface area (Å²) in [5.41, 5.74) is 6.55. The van der Waals surface area contributed by atoms with Gasteiger partial charge in [0.1, 0.15) is 24.1 Å². The molecule has 4 amide bonds. The van der Waals surface area contributed by atoms with Crippen LogP contribution >= 0.6 is 0 Å². The number of carbonyl (C=O) groups excluding carboxylic acids is 5. The summed E-state index contributed by atoms with van der Waals surface area (Å²) in [5, 5.41) is 8.90. The number of para-hydroxylation sites is 2. The zero-order valence-corrected chi connectivity index (χ0v) is 25.9. The zero-order chi connectivity index (χ0) is 33.3. The van der Waals surface area contributed by atoms with Crippen LogP contribution in [0.3, 0.4) is 0 Å². The van der Waals surface area contributed by atoms with Crippen LogP contribution in [0.5, 0.6) is 5.75 Å². The van der Waals surface area contributed by atoms with E-state index >= 15 is 0 Å². The van der Waals surface area contributed by atoms with Gasteiger partial charge in [0.05, 0.1) is 23.5 Å². The number of ether oxygens (including phenoxy) is 1. The summed E-state index contributed by atoms with van der Waals surface area (Å²) in [4.78, 5) is 69.3. The Balaban J connectivity index is 1.52. The normalized spacial score (nSPS) is 12.4. The summed E-state index contributed by atoms with van der Waals surface area (Å²) < 4.78 is 5.80. The number of ketones is 1. The van der Waals surface area contributed by atoms with Gasteiger partial charge in [0.15, 0.2) is 5.78 Å². The number of benzene rings is 3. The molecule has 2 atom stereocenters. The van der Waals surface area contributed by atoms with Crippen molar-refractivity contribution in [3.05, 3.63) is 108 Å². The molecular formula is C35H37N5O6. The second kappa shape index (κ2) is 14.9. The molecule has 0 saturated carbocycles. The van der Waals surface area contributed by atoms with Gasteiger partial charge < -0.3 is 26.4 Å². The van der Waals surface area contributed by atoms with Gasteiger partial charge in [-0.25, -0.2) is 4.98 Å². The molecule has 0 unspecified atom stereocenters. The van der Waals surface area contributed by atoms with Crippen LogP contribution in [-0.2, 0) is 20.8 Å². The van der Waals surface area contributed by atoms with E-state index in [2.05, 4.69) is 20.9 Å². The van der Waals surface area contributed by atoms with E-state index in [-0.39, 0.29) is 29.3 Å². The molecule has 4 rings (SSSR count). The summed E-state index contributed by atoms with van der Waals surface area (Å²) in [7, 11) is 0. The Morgan fingerprint density at radius 1 is 0.783 bits per heavy atom. The van der Waals surface area contributed by atoms with Gasteiger partial charge >= 0.3 is 0 Å². The van der Waals surface area contributed by atoms with Crippen molar-refractivity contribution in [2.45, 2.75) is 51.2 Å². The van der Waals surface area contributed by atoms with Crippen molar-refractivity contribution in [2.24, 2.45) is 5.73 Å². The largest absolute Gasteiger partial charge is 0.485 e. The Bertz CT molecular complexity index is 1730. The van der Waals surface area contributed by atoms with E-state index in [1.807, 2.05) is 39.0 Å². The molecule has 0 aliphatic heterocycles. The zero-order valence-electron chi connectivity index (χ0n) is 25.9. The van der Waals surface area contributed by atoms with Crippen LogP contribution in [0.15, 0.2) is 91.0 Å². The van der Waals surface area contributed by atoms with Crippen molar-refractivity contribution in [3.8, 4) is 5.75 Å². The molecule has 0 radical (unpaired) electrons. The van der Waals surface area contributed by atoms with Crippen LogP contribution in [0.4, 0.5) is 0 Å². The molecule has 4 aromatic rings. The number of fused-ring (bicyclic) bond motifs is 1. The van der Waals surface area contributed by atoms with Crippen molar-refractivity contribution in [1.82, 2.24) is 20.9 Å². The SMILES string of the molecule is CC(C)(C)NC(=O)c1ccccc1OCC(=O)[C@H](Cc1ccccc1)NC(=O)[C@H](CC(N)=O)NC(=O)c1ccc2ccccc2n1. The van der Waals surface area contributed by atoms with E-state index in [1.165, 1.54) is 6.07 Å². The number of hydrogen-bond acceptors (Lipinski definition) is 7. The monoisotopic (exact) mass is 623 g/mol. The molecule has 0 saturated heterocycles. The molecule has 46 heavy (non-hydrogen) atoms. The fourth-order valence-corrected chi connectivity index (χ4v) is 4.64. The lowest BCUT2D eigenvalue weighted by Crippen LogP contribution is -2.54. The number of Topliss-reactive ketones (excluding diaryl/α,β-unsaturated/α-hetero) is 1. The summed E-state index contributed by atoms with van der Waals surface area (Å²) in [5.74, 6) is -2.96. The Morgan fingerprint density at radius 3 is 2.17 bits per heavy atom. The highest BCUT2D eigenvalue weighted by Crippen LogP contribution is 2.19. The van der Waals surface area contributed by atoms with Crippen LogP contribution in [0, 0.1) is 0 Å². The second-order valence-corrected chi connectivity index (χ2v) is 11.8. The number of primary amides is 1. The van der Waals surface area contributed by atoms with E-state index in [1.54, 1.807) is 66.7 Å². The number of pyridine rings is 1. The maximum atomic E-state index is 13.6. The number of rotatable bonds is 13. The van der Waals surface area contributed by atoms with Gasteiger partial charge in [0.25, 0.3) is 11.8 Å². The average Bonchev–Trinajstić information content (AvgIpc) is 3.02. The number of amides is 4. The maximum absolute atomic E-state index is 13.6.